The lowest BCUT2D eigenvalue weighted by molar-refractivity contribution is 0.342. The number of nitrogens with one attached hydrogen (secondary N) is 2. The van der Waals surface area contributed by atoms with Crippen molar-refractivity contribution in [2.75, 3.05) is 38.0 Å². The van der Waals surface area contributed by atoms with Gasteiger partial charge in [0.15, 0.2) is 0 Å². The molecule has 1 aromatic rings. The van der Waals surface area contributed by atoms with E-state index in [9.17, 15) is 8.42 Å². The maximum absolute atomic E-state index is 12.4. The normalized spacial score (nSPS) is 22.2. The third-order valence-electron chi connectivity index (χ3n) is 4.48. The Morgan fingerprint density at radius 2 is 2.29 bits per heavy atom. The van der Waals surface area contributed by atoms with Crippen molar-refractivity contribution in [1.29, 1.82) is 0 Å². The molecule has 0 saturated carbocycles. The fourth-order valence-corrected chi connectivity index (χ4v) is 4.29. The van der Waals surface area contributed by atoms with Gasteiger partial charge in [-0.05, 0) is 55.6 Å². The molecular weight excluding hydrogens is 286 g/mol. The molecule has 1 atom stereocenters. The molecule has 2 heterocycles. The second-order valence-corrected chi connectivity index (χ2v) is 7.66. The lowest BCUT2D eigenvalue weighted by Crippen LogP contribution is -2.31. The molecule has 21 heavy (non-hydrogen) atoms. The van der Waals surface area contributed by atoms with Gasteiger partial charge in [-0.2, -0.15) is 0 Å². The smallest absolute Gasteiger partial charge is 0.240 e. The third kappa shape index (κ3) is 3.22. The Morgan fingerprint density at radius 3 is 3.05 bits per heavy atom. The Kier molecular flexibility index (Phi) is 4.19. The van der Waals surface area contributed by atoms with Crippen LogP contribution >= 0.6 is 0 Å². The van der Waals surface area contributed by atoms with Crippen molar-refractivity contribution >= 4 is 15.7 Å². The number of hydrogen-bond acceptors (Lipinski definition) is 4. The Morgan fingerprint density at radius 1 is 1.43 bits per heavy atom. The summed E-state index contributed by atoms with van der Waals surface area (Å²) in [6.45, 7) is 6.68. The van der Waals surface area contributed by atoms with E-state index in [1.54, 1.807) is 12.1 Å². The molecule has 0 amide bonds. The van der Waals surface area contributed by atoms with Gasteiger partial charge in [-0.25, -0.2) is 13.1 Å². The second kappa shape index (κ2) is 5.94. The van der Waals surface area contributed by atoms with Gasteiger partial charge in [-0.15, -0.1) is 0 Å². The summed E-state index contributed by atoms with van der Waals surface area (Å²) in [5.41, 5.74) is 2.15. The molecule has 5 nitrogen and oxygen atoms in total. The number of benzene rings is 1. The Labute approximate surface area is 126 Å². The summed E-state index contributed by atoms with van der Waals surface area (Å²) in [5, 5.41) is 3.25. The number of likely N-dealkylation sites (tertiary alicyclic amines) is 1. The van der Waals surface area contributed by atoms with Gasteiger partial charge in [0.2, 0.25) is 10.0 Å². The summed E-state index contributed by atoms with van der Waals surface area (Å²) < 4.78 is 27.6. The molecule has 0 aliphatic carbocycles. The number of anilines is 1. The van der Waals surface area contributed by atoms with E-state index < -0.39 is 10.0 Å². The van der Waals surface area contributed by atoms with Crippen molar-refractivity contribution in [3.63, 3.8) is 0 Å². The van der Waals surface area contributed by atoms with Gasteiger partial charge in [-0.3, -0.25) is 0 Å². The fourth-order valence-electron chi connectivity index (χ4n) is 3.13. The number of nitrogens with zero attached hydrogens (tertiary/aromatic N) is 1. The first-order valence-corrected chi connectivity index (χ1v) is 9.15. The minimum atomic E-state index is -3.39. The maximum Gasteiger partial charge on any atom is 0.240 e. The van der Waals surface area contributed by atoms with E-state index in [1.807, 2.05) is 6.07 Å². The molecule has 2 aliphatic rings. The summed E-state index contributed by atoms with van der Waals surface area (Å²) in [5.74, 6) is 0.427. The Balaban J connectivity index is 1.64. The Hall–Kier alpha value is -1.11. The molecule has 0 unspecified atom stereocenters. The largest absolute Gasteiger partial charge is 0.384 e. The summed E-state index contributed by atoms with van der Waals surface area (Å²) in [6, 6.07) is 5.35. The zero-order chi connectivity index (χ0) is 14.9. The van der Waals surface area contributed by atoms with E-state index in [1.165, 1.54) is 0 Å². The molecule has 2 aliphatic heterocycles. The van der Waals surface area contributed by atoms with Crippen LogP contribution in [0.1, 0.15) is 18.9 Å². The molecule has 6 heteroatoms. The molecule has 0 aromatic heterocycles. The third-order valence-corrected chi connectivity index (χ3v) is 5.90. The highest BCUT2D eigenvalue weighted by atomic mass is 32.2. The zero-order valence-electron chi connectivity index (χ0n) is 12.4. The van der Waals surface area contributed by atoms with Gasteiger partial charge in [-0.1, -0.05) is 6.92 Å². The van der Waals surface area contributed by atoms with Gasteiger partial charge in [0.1, 0.15) is 0 Å². The quantitative estimate of drug-likeness (QED) is 0.860. The van der Waals surface area contributed by atoms with Gasteiger partial charge in [0.05, 0.1) is 4.90 Å². The molecule has 1 aromatic carbocycles. The molecule has 2 N–H and O–H groups in total. The van der Waals surface area contributed by atoms with Crippen LogP contribution in [0.5, 0.6) is 0 Å². The number of fused-ring (bicyclic) bond motifs is 1. The molecule has 3 rings (SSSR count). The minimum absolute atomic E-state index is 0.385. The monoisotopic (exact) mass is 309 g/mol. The SMILES string of the molecule is CCN1CC[C@H](CNS(=O)(=O)c2ccc3c(c2)CCN3)C1. The summed E-state index contributed by atoms with van der Waals surface area (Å²) in [7, 11) is -3.39. The van der Waals surface area contributed by atoms with Crippen LogP contribution in [0.25, 0.3) is 0 Å². The van der Waals surface area contributed by atoms with Crippen LogP contribution in [0.15, 0.2) is 23.1 Å². The summed E-state index contributed by atoms with van der Waals surface area (Å²) in [4.78, 5) is 2.75. The van der Waals surface area contributed by atoms with Gasteiger partial charge >= 0.3 is 0 Å². The van der Waals surface area contributed by atoms with Crippen LogP contribution in [0.4, 0.5) is 5.69 Å². The van der Waals surface area contributed by atoms with Crippen molar-refractivity contribution < 1.29 is 8.42 Å². The first-order valence-electron chi connectivity index (χ1n) is 7.67. The van der Waals surface area contributed by atoms with Crippen molar-refractivity contribution in [3.8, 4) is 0 Å². The first-order chi connectivity index (χ1) is 10.1. The lowest BCUT2D eigenvalue weighted by atomic mass is 10.1. The number of rotatable bonds is 5. The van der Waals surface area contributed by atoms with E-state index in [0.717, 1.165) is 50.3 Å². The fraction of sp³-hybridized carbons (Fsp3) is 0.600. The highest BCUT2D eigenvalue weighted by molar-refractivity contribution is 7.89. The molecule has 1 saturated heterocycles. The predicted molar refractivity (Wildman–Crippen MR) is 84.0 cm³/mol. The van der Waals surface area contributed by atoms with Gasteiger partial charge in [0.25, 0.3) is 0 Å². The lowest BCUT2D eigenvalue weighted by Gasteiger charge is -2.14. The molecule has 1 fully saturated rings. The van der Waals surface area contributed by atoms with Crippen LogP contribution in [0.2, 0.25) is 0 Å². The van der Waals surface area contributed by atoms with E-state index >= 15 is 0 Å². The predicted octanol–water partition coefficient (Wildman–Crippen LogP) is 1.27. The molecule has 0 radical (unpaired) electrons. The van der Waals surface area contributed by atoms with Crippen molar-refractivity contribution in [1.82, 2.24) is 9.62 Å². The highest BCUT2D eigenvalue weighted by Crippen LogP contribution is 2.25. The first kappa shape index (κ1) is 14.8. The molecule has 0 bridgehead atoms. The Bertz CT molecular complexity index is 615. The van der Waals surface area contributed by atoms with E-state index in [4.69, 9.17) is 0 Å². The second-order valence-electron chi connectivity index (χ2n) is 5.90. The van der Waals surface area contributed by atoms with Crippen LogP contribution in [-0.4, -0.2) is 46.0 Å². The highest BCUT2D eigenvalue weighted by Gasteiger charge is 2.24. The van der Waals surface area contributed by atoms with Crippen molar-refractivity contribution in [3.05, 3.63) is 23.8 Å². The van der Waals surface area contributed by atoms with Gasteiger partial charge in [0, 0.05) is 25.3 Å². The number of sulfonamides is 1. The van der Waals surface area contributed by atoms with Crippen LogP contribution in [0, 0.1) is 5.92 Å². The maximum atomic E-state index is 12.4. The van der Waals surface area contributed by atoms with Crippen molar-refractivity contribution in [2.24, 2.45) is 5.92 Å². The van der Waals surface area contributed by atoms with Crippen LogP contribution < -0.4 is 10.0 Å². The van der Waals surface area contributed by atoms with E-state index in [0.29, 0.717) is 17.4 Å². The summed E-state index contributed by atoms with van der Waals surface area (Å²) >= 11 is 0. The van der Waals surface area contributed by atoms with E-state index in [2.05, 4.69) is 21.9 Å². The molecular formula is C15H23N3O2S. The zero-order valence-corrected chi connectivity index (χ0v) is 13.2. The molecule has 0 spiro atoms. The van der Waals surface area contributed by atoms with Crippen LogP contribution in [-0.2, 0) is 16.4 Å². The van der Waals surface area contributed by atoms with Gasteiger partial charge < -0.3 is 10.2 Å². The topological polar surface area (TPSA) is 61.4 Å². The average molecular weight is 309 g/mol. The molecule has 116 valence electrons. The summed E-state index contributed by atoms with van der Waals surface area (Å²) in [6.07, 6.45) is 1.97. The van der Waals surface area contributed by atoms with E-state index in [-0.39, 0.29) is 0 Å². The van der Waals surface area contributed by atoms with Crippen LogP contribution in [0.3, 0.4) is 0 Å². The standard InChI is InChI=1S/C15H23N3O2S/c1-2-18-8-6-12(11-18)10-17-21(19,20)14-3-4-15-13(9-14)5-7-16-15/h3-4,9,12,16-17H,2,5-8,10-11H2,1H3/t12-/m1/s1. The van der Waals surface area contributed by atoms with Crippen molar-refractivity contribution in [2.45, 2.75) is 24.7 Å². The average Bonchev–Trinajstić information content (AvgIpc) is 3.13. The number of hydrogen-bond donors (Lipinski definition) is 2. The minimum Gasteiger partial charge on any atom is -0.384 e.